The quantitative estimate of drug-likeness (QED) is 0.0697. The lowest BCUT2D eigenvalue weighted by Gasteiger charge is -2.31. The molecule has 0 spiro atoms. The third-order valence-electron chi connectivity index (χ3n) is 10.7. The molecule has 6 heterocycles. The third kappa shape index (κ3) is 10.0. The van der Waals surface area contributed by atoms with Gasteiger partial charge >= 0.3 is 12.2 Å². The Hall–Kier alpha value is -6.42. The van der Waals surface area contributed by atoms with Crippen LogP contribution in [0.25, 0.3) is 11.0 Å². The summed E-state index contributed by atoms with van der Waals surface area (Å²) in [6, 6.07) is 6.40. The van der Waals surface area contributed by atoms with Crippen molar-refractivity contribution in [1.82, 2.24) is 59.8 Å². The maximum atomic E-state index is 14.7. The zero-order valence-corrected chi connectivity index (χ0v) is 35.2. The van der Waals surface area contributed by atoms with Gasteiger partial charge in [0, 0.05) is 86.4 Å². The van der Waals surface area contributed by atoms with Gasteiger partial charge in [0.2, 0.25) is 0 Å². The van der Waals surface area contributed by atoms with Gasteiger partial charge in [0.05, 0.1) is 30.6 Å². The molecule has 6 aromatic rings. The Balaban J connectivity index is 0.000000186. The van der Waals surface area contributed by atoms with Crippen molar-refractivity contribution in [2.24, 2.45) is 0 Å². The lowest BCUT2D eigenvalue weighted by molar-refractivity contribution is 0.0593. The number of carbonyl (C=O) groups is 2. The third-order valence-corrected chi connectivity index (χ3v) is 10.7. The summed E-state index contributed by atoms with van der Waals surface area (Å²) in [4.78, 5) is 33.3. The lowest BCUT2D eigenvalue weighted by Crippen LogP contribution is -2.46. The van der Waals surface area contributed by atoms with Crippen molar-refractivity contribution >= 4 is 46.5 Å². The van der Waals surface area contributed by atoms with Crippen LogP contribution in [0.3, 0.4) is 0 Å². The molecule has 62 heavy (non-hydrogen) atoms. The maximum absolute atomic E-state index is 14.7. The normalized spacial score (nSPS) is 21.1. The summed E-state index contributed by atoms with van der Waals surface area (Å²) in [5.41, 5.74) is 4.67. The number of fused-ring (bicyclic) bond motifs is 2. The number of alkyl carbamates (subject to hydrolysis) is 1. The first-order valence-electron chi connectivity index (χ1n) is 20.4. The highest BCUT2D eigenvalue weighted by molar-refractivity contribution is 5.73. The fourth-order valence-corrected chi connectivity index (χ4v) is 8.02. The van der Waals surface area contributed by atoms with E-state index in [1.54, 1.807) is 61.9 Å². The molecular formula is C40H52F2N14O6. The van der Waals surface area contributed by atoms with E-state index >= 15 is 0 Å². The van der Waals surface area contributed by atoms with Crippen molar-refractivity contribution in [2.75, 3.05) is 24.9 Å². The first kappa shape index (κ1) is 43.7. The maximum Gasteiger partial charge on any atom is 0.407 e. The summed E-state index contributed by atoms with van der Waals surface area (Å²) in [5, 5.41) is 41.8. The Kier molecular flexibility index (Phi) is 13.4. The van der Waals surface area contributed by atoms with E-state index in [0.717, 1.165) is 33.8 Å². The van der Waals surface area contributed by atoms with Crippen LogP contribution in [-0.2, 0) is 27.4 Å². The molecule has 8 rings (SSSR count). The topological polar surface area (TPSA) is 239 Å². The first-order valence-corrected chi connectivity index (χ1v) is 20.4. The molecule has 332 valence electrons. The fourth-order valence-electron chi connectivity index (χ4n) is 8.02. The van der Waals surface area contributed by atoms with Gasteiger partial charge in [-0.1, -0.05) is 0 Å². The minimum Gasteiger partial charge on any atom is -0.465 e. The number of nitrogens with one attached hydrogen (secondary N) is 5. The summed E-state index contributed by atoms with van der Waals surface area (Å²) in [7, 11) is 3.23. The predicted molar refractivity (Wildman–Crippen MR) is 222 cm³/mol. The number of carboxylic acid groups (broad SMARTS) is 1. The van der Waals surface area contributed by atoms with Crippen LogP contribution in [0.1, 0.15) is 88.0 Å². The largest absolute Gasteiger partial charge is 0.465 e. The number of carbonyl (C=O) groups excluding carboxylic acids is 1. The molecule has 2 fully saturated rings. The number of aromatic amines is 2. The van der Waals surface area contributed by atoms with Crippen LogP contribution in [0.15, 0.2) is 49.1 Å². The van der Waals surface area contributed by atoms with Gasteiger partial charge in [-0.2, -0.15) is 20.4 Å². The van der Waals surface area contributed by atoms with Gasteiger partial charge in [0.15, 0.2) is 23.3 Å². The van der Waals surface area contributed by atoms with Crippen molar-refractivity contribution in [3.8, 4) is 0 Å². The highest BCUT2D eigenvalue weighted by Crippen LogP contribution is 2.40. The van der Waals surface area contributed by atoms with Crippen molar-refractivity contribution in [3.05, 3.63) is 71.8 Å². The fraction of sp³-hybridized carbons (Fsp3) is 0.500. The van der Waals surface area contributed by atoms with Gasteiger partial charge < -0.3 is 40.2 Å². The molecule has 0 aliphatic heterocycles. The summed E-state index contributed by atoms with van der Waals surface area (Å²) < 4.78 is 48.1. The number of H-pyrrole nitrogens is 2. The molecule has 2 aliphatic carbocycles. The van der Waals surface area contributed by atoms with Gasteiger partial charge in [0.25, 0.3) is 0 Å². The highest BCUT2D eigenvalue weighted by Gasteiger charge is 2.42. The van der Waals surface area contributed by atoms with Crippen LogP contribution >= 0.6 is 0 Å². The number of alkyl halides is 2. The molecule has 0 aromatic carbocycles. The summed E-state index contributed by atoms with van der Waals surface area (Å²) in [5.74, 6) is 2.01. The van der Waals surface area contributed by atoms with Crippen LogP contribution in [0.4, 0.5) is 41.6 Å². The summed E-state index contributed by atoms with van der Waals surface area (Å²) in [6.45, 7) is 7.96. The minimum absolute atomic E-state index is 0.0663. The van der Waals surface area contributed by atoms with E-state index in [0.29, 0.717) is 49.3 Å². The second-order valence-electron chi connectivity index (χ2n) is 16.0. The number of rotatable bonds is 14. The zero-order valence-electron chi connectivity index (χ0n) is 35.2. The molecular weight excluding hydrogens is 811 g/mol. The number of hydrogen-bond acceptors (Lipinski definition) is 13. The second-order valence-corrected chi connectivity index (χ2v) is 16.0. The van der Waals surface area contributed by atoms with Crippen LogP contribution < -0.4 is 16.0 Å². The Morgan fingerprint density at radius 2 is 1.32 bits per heavy atom. The Bertz CT molecular complexity index is 2450. The molecule has 6 aromatic heterocycles. The molecule has 6 atom stereocenters. The van der Waals surface area contributed by atoms with E-state index in [4.69, 9.17) is 14.2 Å². The molecule has 0 bridgehead atoms. The van der Waals surface area contributed by atoms with E-state index in [1.807, 2.05) is 38.1 Å². The molecule has 2 aliphatic rings. The molecule has 0 saturated heterocycles. The SMILES string of the molecule is COCc1cc2c(Nc3cc([C@@H]4C[C@H](F)[C@H](OC(=O)NC(C)C)C4)[nH]n3)nccn2n1.COCc1cc2c(Nc3cc([C@H]4C[C@@H](F)[C@@H](N(C(=O)O)C(C)C)C4)[nH]n3)nccn2n1. The predicted octanol–water partition coefficient (Wildman–Crippen LogP) is 6.38. The van der Waals surface area contributed by atoms with E-state index in [1.165, 1.54) is 4.90 Å². The number of aromatic nitrogens is 10. The average molecular weight is 863 g/mol. The molecule has 20 nitrogen and oxygen atoms in total. The highest BCUT2D eigenvalue weighted by atomic mass is 19.1. The first-order chi connectivity index (χ1) is 29.8. The number of ether oxygens (including phenoxy) is 3. The van der Waals surface area contributed by atoms with E-state index in [9.17, 15) is 23.5 Å². The number of nitrogens with zero attached hydrogens (tertiary/aromatic N) is 9. The second kappa shape index (κ2) is 19.1. The van der Waals surface area contributed by atoms with Gasteiger partial charge in [-0.3, -0.25) is 10.2 Å². The van der Waals surface area contributed by atoms with Crippen LogP contribution in [0.2, 0.25) is 0 Å². The summed E-state index contributed by atoms with van der Waals surface area (Å²) in [6.07, 6.45) is 3.19. The van der Waals surface area contributed by atoms with Crippen molar-refractivity contribution in [2.45, 2.75) is 115 Å². The number of halogens is 2. The Labute approximate surface area is 355 Å². The van der Waals surface area contributed by atoms with Crippen LogP contribution in [0.5, 0.6) is 0 Å². The van der Waals surface area contributed by atoms with Gasteiger partial charge in [0.1, 0.15) is 29.5 Å². The Morgan fingerprint density at radius 3 is 1.81 bits per heavy atom. The minimum atomic E-state index is -1.22. The van der Waals surface area contributed by atoms with Crippen molar-refractivity contribution in [3.63, 3.8) is 0 Å². The van der Waals surface area contributed by atoms with Gasteiger partial charge in [-0.25, -0.2) is 37.4 Å². The Morgan fingerprint density at radius 1 is 0.806 bits per heavy atom. The van der Waals surface area contributed by atoms with Crippen molar-refractivity contribution < 1.29 is 37.7 Å². The standard InChI is InChI=1S/2C20H26FN7O3/c1-11(2)23-20(29)31-17-7-12(6-14(17)21)15-9-18(26-25-15)24-19-16-8-13(10-30-3)27-28(16)5-4-22-19;1-11(2)28(20(29)30)16-7-12(6-14(16)21)15-9-18(25-24-15)23-19-17-8-13(10-31-3)26-27(17)5-4-22-19/h4-5,8-9,11-12,14,17H,6-7,10H2,1-3H3,(H,23,29)(H2,22,24,25,26);4-5,8-9,11-12,14,16H,6-7,10H2,1-3H3,(H,29,30)(H2,22,23,24,25)/t12-,14+,17-;12-,14+,16-/m10/s1. The molecule has 0 unspecified atom stereocenters. The monoisotopic (exact) mass is 862 g/mol. The number of hydrogen-bond donors (Lipinski definition) is 6. The van der Waals surface area contributed by atoms with Gasteiger partial charge in [-0.05, 0) is 65.5 Å². The average Bonchev–Trinajstić information content (AvgIpc) is 4.07. The summed E-state index contributed by atoms with van der Waals surface area (Å²) >= 11 is 0. The molecule has 22 heteroatoms. The molecule has 6 N–H and O–H groups in total. The van der Waals surface area contributed by atoms with Crippen LogP contribution in [0, 0.1) is 0 Å². The van der Waals surface area contributed by atoms with Gasteiger partial charge in [-0.15, -0.1) is 0 Å². The molecule has 2 amide bonds. The zero-order chi connectivity index (χ0) is 44.1. The number of amides is 2. The molecule has 0 radical (unpaired) electrons. The van der Waals surface area contributed by atoms with E-state index in [2.05, 4.69) is 56.5 Å². The molecule has 2 saturated carbocycles. The number of anilines is 4. The van der Waals surface area contributed by atoms with Crippen molar-refractivity contribution in [1.29, 1.82) is 0 Å². The number of methoxy groups -OCH3 is 2. The lowest BCUT2D eigenvalue weighted by atomic mass is 10.0. The van der Waals surface area contributed by atoms with E-state index in [-0.39, 0.29) is 36.8 Å². The smallest absolute Gasteiger partial charge is 0.407 e. The van der Waals surface area contributed by atoms with Crippen LogP contribution in [-0.4, -0.2) is 123 Å². The van der Waals surface area contributed by atoms with E-state index < -0.39 is 36.7 Å².